The number of amides is 1. The van der Waals surface area contributed by atoms with E-state index in [0.29, 0.717) is 17.9 Å². The van der Waals surface area contributed by atoms with Crippen molar-refractivity contribution in [1.29, 1.82) is 0 Å². The van der Waals surface area contributed by atoms with Crippen molar-refractivity contribution in [2.75, 3.05) is 14.2 Å². The maximum atomic E-state index is 11.9. The van der Waals surface area contributed by atoms with E-state index in [2.05, 4.69) is 5.32 Å². The van der Waals surface area contributed by atoms with E-state index < -0.39 is 12.1 Å². The normalized spacial score (nSPS) is 12.2. The second kappa shape index (κ2) is 8.57. The lowest BCUT2D eigenvalue weighted by Gasteiger charge is -2.23. The van der Waals surface area contributed by atoms with Gasteiger partial charge >= 0.3 is 5.97 Å². The Labute approximate surface area is 143 Å². The Hall–Kier alpha value is -2.24. The van der Waals surface area contributed by atoms with Crippen molar-refractivity contribution in [2.24, 2.45) is 0 Å². The number of nitrogens with one attached hydrogen (secondary N) is 1. The SMILES string of the molecule is COc1ccc(CCC(=O)O[C@H](C)C(=O)NC(C)(C)C)cc1OC. The van der Waals surface area contributed by atoms with E-state index in [1.54, 1.807) is 27.2 Å². The van der Waals surface area contributed by atoms with E-state index in [1.807, 2.05) is 32.9 Å². The van der Waals surface area contributed by atoms with Crippen molar-refractivity contribution in [3.63, 3.8) is 0 Å². The van der Waals surface area contributed by atoms with E-state index >= 15 is 0 Å². The van der Waals surface area contributed by atoms with Crippen LogP contribution in [-0.4, -0.2) is 37.7 Å². The van der Waals surface area contributed by atoms with Crippen molar-refractivity contribution in [2.45, 2.75) is 52.2 Å². The van der Waals surface area contributed by atoms with Crippen LogP contribution in [-0.2, 0) is 20.7 Å². The molecule has 0 fully saturated rings. The number of ether oxygens (including phenoxy) is 3. The molecule has 1 atom stereocenters. The van der Waals surface area contributed by atoms with Crippen LogP contribution in [0.25, 0.3) is 0 Å². The Morgan fingerprint density at radius 1 is 1.12 bits per heavy atom. The number of rotatable bonds is 7. The summed E-state index contributed by atoms with van der Waals surface area (Å²) < 4.78 is 15.6. The summed E-state index contributed by atoms with van der Waals surface area (Å²) in [7, 11) is 3.13. The molecule has 0 aromatic heterocycles. The van der Waals surface area contributed by atoms with Crippen molar-refractivity contribution in [1.82, 2.24) is 5.32 Å². The highest BCUT2D eigenvalue weighted by Crippen LogP contribution is 2.28. The predicted octanol–water partition coefficient (Wildman–Crippen LogP) is 2.48. The molecule has 0 unspecified atom stereocenters. The number of benzene rings is 1. The maximum absolute atomic E-state index is 11.9. The number of aryl methyl sites for hydroxylation is 1. The van der Waals surface area contributed by atoms with Crippen LogP contribution in [0.1, 0.15) is 39.7 Å². The summed E-state index contributed by atoms with van der Waals surface area (Å²) in [4.78, 5) is 23.8. The molecule has 1 N–H and O–H groups in total. The Kier molecular flexibility index (Phi) is 7.07. The van der Waals surface area contributed by atoms with Crippen LogP contribution >= 0.6 is 0 Å². The molecular weight excluding hydrogens is 310 g/mol. The number of carbonyl (C=O) groups excluding carboxylic acids is 2. The molecule has 134 valence electrons. The first kappa shape index (κ1) is 19.8. The Bertz CT molecular complexity index is 577. The zero-order valence-electron chi connectivity index (χ0n) is 15.3. The lowest BCUT2D eigenvalue weighted by Crippen LogP contribution is -2.46. The van der Waals surface area contributed by atoms with Gasteiger partial charge in [-0.1, -0.05) is 6.07 Å². The van der Waals surface area contributed by atoms with Crippen molar-refractivity contribution in [3.8, 4) is 11.5 Å². The minimum atomic E-state index is -0.817. The highest BCUT2D eigenvalue weighted by atomic mass is 16.5. The summed E-state index contributed by atoms with van der Waals surface area (Å²) >= 11 is 0. The van der Waals surface area contributed by atoms with Crippen LogP contribution in [0.4, 0.5) is 0 Å². The fraction of sp³-hybridized carbons (Fsp3) is 0.556. The van der Waals surface area contributed by atoms with Crippen molar-refractivity contribution >= 4 is 11.9 Å². The monoisotopic (exact) mass is 337 g/mol. The third kappa shape index (κ3) is 6.48. The standard InChI is InChI=1S/C18H27NO5/c1-12(17(21)19-18(2,3)4)24-16(20)10-8-13-7-9-14(22-5)15(11-13)23-6/h7,9,11-12H,8,10H2,1-6H3,(H,19,21)/t12-/m1/s1. The molecule has 1 amide bonds. The molecule has 0 heterocycles. The lowest BCUT2D eigenvalue weighted by atomic mass is 10.1. The van der Waals surface area contributed by atoms with Gasteiger partial charge in [-0.25, -0.2) is 0 Å². The summed E-state index contributed by atoms with van der Waals surface area (Å²) in [6.45, 7) is 7.18. The quantitative estimate of drug-likeness (QED) is 0.774. The molecule has 0 aliphatic carbocycles. The largest absolute Gasteiger partial charge is 0.493 e. The van der Waals surface area contributed by atoms with Gasteiger partial charge in [0.1, 0.15) is 0 Å². The van der Waals surface area contributed by atoms with Crippen LogP contribution in [0.3, 0.4) is 0 Å². The Balaban J connectivity index is 2.53. The third-order valence-electron chi connectivity index (χ3n) is 3.24. The lowest BCUT2D eigenvalue weighted by molar-refractivity contribution is -0.155. The predicted molar refractivity (Wildman–Crippen MR) is 91.3 cm³/mol. The van der Waals surface area contributed by atoms with Gasteiger partial charge < -0.3 is 19.5 Å². The number of hydrogen-bond acceptors (Lipinski definition) is 5. The number of hydrogen-bond donors (Lipinski definition) is 1. The van der Waals surface area contributed by atoms with Gasteiger partial charge in [0.2, 0.25) is 0 Å². The molecule has 1 aromatic rings. The fourth-order valence-electron chi connectivity index (χ4n) is 2.06. The van der Waals surface area contributed by atoms with Gasteiger partial charge in [0.05, 0.1) is 14.2 Å². The molecule has 0 aliphatic heterocycles. The summed E-state index contributed by atoms with van der Waals surface area (Å²) in [5.41, 5.74) is 0.564. The zero-order chi connectivity index (χ0) is 18.3. The molecule has 1 aromatic carbocycles. The van der Waals surface area contributed by atoms with Crippen LogP contribution in [0.5, 0.6) is 11.5 Å². The minimum Gasteiger partial charge on any atom is -0.493 e. The van der Waals surface area contributed by atoms with Crippen LogP contribution < -0.4 is 14.8 Å². The number of carbonyl (C=O) groups is 2. The second-order valence-corrected chi connectivity index (χ2v) is 6.56. The average molecular weight is 337 g/mol. The average Bonchev–Trinajstić information content (AvgIpc) is 2.50. The van der Waals surface area contributed by atoms with E-state index in [0.717, 1.165) is 5.56 Å². The van der Waals surface area contributed by atoms with Crippen molar-refractivity contribution in [3.05, 3.63) is 23.8 Å². The summed E-state index contributed by atoms with van der Waals surface area (Å²) in [6, 6.07) is 5.48. The van der Waals surface area contributed by atoms with Gasteiger partial charge in [-0.2, -0.15) is 0 Å². The molecule has 6 nitrogen and oxygen atoms in total. The smallest absolute Gasteiger partial charge is 0.306 e. The molecule has 6 heteroatoms. The van der Waals surface area contributed by atoms with Crippen LogP contribution in [0.2, 0.25) is 0 Å². The van der Waals surface area contributed by atoms with Gasteiger partial charge in [0.15, 0.2) is 17.6 Å². The van der Waals surface area contributed by atoms with Gasteiger partial charge in [-0.05, 0) is 51.8 Å². The first-order chi connectivity index (χ1) is 11.2. The van der Waals surface area contributed by atoms with Gasteiger partial charge in [0.25, 0.3) is 5.91 Å². The first-order valence-corrected chi connectivity index (χ1v) is 7.88. The summed E-state index contributed by atoms with van der Waals surface area (Å²) in [5, 5.41) is 2.78. The molecular formula is C18H27NO5. The molecule has 0 spiro atoms. The fourth-order valence-corrected chi connectivity index (χ4v) is 2.06. The minimum absolute atomic E-state index is 0.183. The molecule has 24 heavy (non-hydrogen) atoms. The zero-order valence-corrected chi connectivity index (χ0v) is 15.3. The van der Waals surface area contributed by atoms with Crippen LogP contribution in [0, 0.1) is 0 Å². The summed E-state index contributed by atoms with van der Waals surface area (Å²) in [6.07, 6.45) is -0.141. The molecule has 0 saturated heterocycles. The van der Waals surface area contributed by atoms with Gasteiger partial charge in [-0.15, -0.1) is 0 Å². The van der Waals surface area contributed by atoms with Crippen molar-refractivity contribution < 1.29 is 23.8 Å². The molecule has 0 aliphatic rings. The molecule has 0 radical (unpaired) electrons. The van der Waals surface area contributed by atoms with E-state index in [4.69, 9.17) is 14.2 Å². The van der Waals surface area contributed by atoms with Gasteiger partial charge in [0, 0.05) is 12.0 Å². The highest BCUT2D eigenvalue weighted by Gasteiger charge is 2.22. The molecule has 0 bridgehead atoms. The molecule has 1 rings (SSSR count). The Morgan fingerprint density at radius 2 is 1.75 bits per heavy atom. The summed E-state index contributed by atoms with van der Waals surface area (Å²) in [5.74, 6) is 0.529. The Morgan fingerprint density at radius 3 is 2.29 bits per heavy atom. The molecule has 0 saturated carbocycles. The first-order valence-electron chi connectivity index (χ1n) is 7.88. The van der Waals surface area contributed by atoms with E-state index in [-0.39, 0.29) is 17.9 Å². The van der Waals surface area contributed by atoms with Crippen LogP contribution in [0.15, 0.2) is 18.2 Å². The number of methoxy groups -OCH3 is 2. The van der Waals surface area contributed by atoms with Gasteiger partial charge in [-0.3, -0.25) is 9.59 Å². The second-order valence-electron chi connectivity index (χ2n) is 6.56. The maximum Gasteiger partial charge on any atom is 0.306 e. The van der Waals surface area contributed by atoms with E-state index in [9.17, 15) is 9.59 Å². The number of esters is 1. The topological polar surface area (TPSA) is 73.9 Å². The third-order valence-corrected chi connectivity index (χ3v) is 3.24. The van der Waals surface area contributed by atoms with E-state index in [1.165, 1.54) is 0 Å². The highest BCUT2D eigenvalue weighted by molar-refractivity contribution is 5.83.